The van der Waals surface area contributed by atoms with Gasteiger partial charge in [0.1, 0.15) is 0 Å². The molecule has 2 atom stereocenters. The number of hydrogen-bond acceptors (Lipinski definition) is 5. The zero-order chi connectivity index (χ0) is 38.7. The number of carbonyl (C=O) groups excluding carboxylic acids is 2. The number of aliphatic hydroxyl groups is 2. The Morgan fingerprint density at radius 1 is 0.509 bits per heavy atom. The predicted octanol–water partition coefficient (Wildman–Crippen LogP) is 13.4. The molecule has 0 aliphatic rings. The molecule has 2 unspecified atom stereocenters. The lowest BCUT2D eigenvalue weighted by Crippen LogP contribution is -2.45. The molecule has 0 fully saturated rings. The van der Waals surface area contributed by atoms with Crippen LogP contribution in [0.4, 0.5) is 0 Å². The average molecular weight is 750 g/mol. The molecular weight excluding hydrogens is 659 g/mol. The van der Waals surface area contributed by atoms with Gasteiger partial charge in [-0.25, -0.2) is 0 Å². The lowest BCUT2D eigenvalue weighted by molar-refractivity contribution is -0.143. The number of rotatable bonds is 43. The first-order valence-corrected chi connectivity index (χ1v) is 23.5. The third-order valence-corrected chi connectivity index (χ3v) is 10.8. The van der Waals surface area contributed by atoms with Crippen molar-refractivity contribution in [3.05, 3.63) is 12.2 Å². The quantitative estimate of drug-likeness (QED) is 0.0328. The number of unbranched alkanes of at least 4 members (excludes halogenated alkanes) is 32. The molecule has 0 aromatic rings. The van der Waals surface area contributed by atoms with Crippen molar-refractivity contribution in [2.75, 3.05) is 13.2 Å². The number of amides is 1. The summed E-state index contributed by atoms with van der Waals surface area (Å²) >= 11 is 0. The van der Waals surface area contributed by atoms with Crippen LogP contribution in [0.15, 0.2) is 12.2 Å². The summed E-state index contributed by atoms with van der Waals surface area (Å²) in [6.45, 7) is 4.83. The minimum atomic E-state index is -0.855. The molecule has 6 heteroatoms. The minimum absolute atomic E-state index is 0.0182. The van der Waals surface area contributed by atoms with Crippen LogP contribution in [0.5, 0.6) is 0 Å². The monoisotopic (exact) mass is 750 g/mol. The first-order valence-electron chi connectivity index (χ1n) is 23.5. The van der Waals surface area contributed by atoms with Gasteiger partial charge in [-0.3, -0.25) is 9.59 Å². The van der Waals surface area contributed by atoms with E-state index in [1.54, 1.807) is 6.08 Å². The molecule has 0 aliphatic carbocycles. The van der Waals surface area contributed by atoms with Gasteiger partial charge in [-0.2, -0.15) is 0 Å². The summed E-state index contributed by atoms with van der Waals surface area (Å²) in [6.07, 6.45) is 47.7. The van der Waals surface area contributed by atoms with E-state index >= 15 is 0 Å². The van der Waals surface area contributed by atoms with E-state index in [-0.39, 0.29) is 18.5 Å². The van der Waals surface area contributed by atoms with Gasteiger partial charge in [-0.15, -0.1) is 0 Å². The highest BCUT2D eigenvalue weighted by Gasteiger charge is 2.18. The maximum Gasteiger partial charge on any atom is 0.305 e. The predicted molar refractivity (Wildman–Crippen MR) is 227 cm³/mol. The Labute approximate surface area is 329 Å². The summed E-state index contributed by atoms with van der Waals surface area (Å²) in [5, 5.41) is 22.9. The third kappa shape index (κ3) is 40.1. The van der Waals surface area contributed by atoms with Crippen LogP contribution in [0.25, 0.3) is 0 Å². The highest BCUT2D eigenvalue weighted by atomic mass is 16.5. The molecule has 6 nitrogen and oxygen atoms in total. The summed E-state index contributed by atoms with van der Waals surface area (Å²) in [6, 6.07) is -0.641. The van der Waals surface area contributed by atoms with Crippen molar-refractivity contribution < 1.29 is 24.5 Å². The standard InChI is InChI=1S/C47H91NO5/c1-3-5-7-9-11-13-15-16-17-18-19-20-25-29-33-37-41-47(52)53-42-38-34-30-26-22-21-24-28-32-36-40-46(51)48-44(43-49)45(50)39-35-31-27-23-14-12-10-8-6-4-2/h35,39,44-45,49-50H,3-34,36-38,40-43H2,1-2H3,(H,48,51)/b39-35+. The first-order chi connectivity index (χ1) is 26.0. The molecule has 0 aromatic carbocycles. The van der Waals surface area contributed by atoms with Crippen LogP contribution in [0.3, 0.4) is 0 Å². The fourth-order valence-corrected chi connectivity index (χ4v) is 7.16. The number of aliphatic hydroxyl groups excluding tert-OH is 2. The molecule has 314 valence electrons. The van der Waals surface area contributed by atoms with E-state index in [1.807, 2.05) is 6.08 Å². The van der Waals surface area contributed by atoms with Gasteiger partial charge in [-0.05, 0) is 32.1 Å². The first kappa shape index (κ1) is 51.6. The number of ether oxygens (including phenoxy) is 1. The lowest BCUT2D eigenvalue weighted by atomic mass is 10.0. The molecular formula is C47H91NO5. The van der Waals surface area contributed by atoms with Gasteiger partial charge < -0.3 is 20.3 Å². The van der Waals surface area contributed by atoms with E-state index in [0.717, 1.165) is 57.8 Å². The molecule has 0 saturated carbocycles. The van der Waals surface area contributed by atoms with Crippen molar-refractivity contribution in [1.29, 1.82) is 0 Å². The maximum absolute atomic E-state index is 12.3. The second kappa shape index (κ2) is 43.3. The highest BCUT2D eigenvalue weighted by Crippen LogP contribution is 2.15. The summed E-state index contributed by atoms with van der Waals surface area (Å²) < 4.78 is 5.45. The lowest BCUT2D eigenvalue weighted by Gasteiger charge is -2.20. The van der Waals surface area contributed by atoms with Gasteiger partial charge in [0.05, 0.1) is 25.4 Å². The average Bonchev–Trinajstić information content (AvgIpc) is 3.16. The Morgan fingerprint density at radius 2 is 0.868 bits per heavy atom. The topological polar surface area (TPSA) is 95.9 Å². The Hall–Kier alpha value is -1.40. The van der Waals surface area contributed by atoms with E-state index in [4.69, 9.17) is 4.74 Å². The molecule has 0 heterocycles. The molecule has 1 amide bonds. The number of allylic oxidation sites excluding steroid dienone is 1. The van der Waals surface area contributed by atoms with Gasteiger partial charge in [0.15, 0.2) is 0 Å². The Balaban J connectivity index is 3.47. The number of hydrogen-bond donors (Lipinski definition) is 3. The van der Waals surface area contributed by atoms with Gasteiger partial charge in [0.25, 0.3) is 0 Å². The van der Waals surface area contributed by atoms with Gasteiger partial charge in [-0.1, -0.05) is 219 Å². The molecule has 0 rings (SSSR count). The second-order valence-electron chi connectivity index (χ2n) is 16.1. The van der Waals surface area contributed by atoms with E-state index in [1.165, 1.54) is 167 Å². The normalized spacial score (nSPS) is 12.8. The van der Waals surface area contributed by atoms with Gasteiger partial charge in [0.2, 0.25) is 5.91 Å². The van der Waals surface area contributed by atoms with Crippen LogP contribution in [0.2, 0.25) is 0 Å². The molecule has 0 aromatic heterocycles. The van der Waals surface area contributed by atoms with Crippen LogP contribution in [-0.4, -0.2) is 47.4 Å². The molecule has 0 aliphatic heterocycles. The van der Waals surface area contributed by atoms with Crippen LogP contribution < -0.4 is 5.32 Å². The van der Waals surface area contributed by atoms with Gasteiger partial charge in [0, 0.05) is 12.8 Å². The summed E-state index contributed by atoms with van der Waals surface area (Å²) in [5.41, 5.74) is 0. The number of nitrogens with one attached hydrogen (secondary N) is 1. The van der Waals surface area contributed by atoms with E-state index in [0.29, 0.717) is 19.4 Å². The molecule has 3 N–H and O–H groups in total. The van der Waals surface area contributed by atoms with Crippen molar-refractivity contribution in [2.45, 2.75) is 264 Å². The van der Waals surface area contributed by atoms with Crippen molar-refractivity contribution >= 4 is 11.9 Å². The zero-order valence-electron chi connectivity index (χ0n) is 35.5. The fourth-order valence-electron chi connectivity index (χ4n) is 7.16. The van der Waals surface area contributed by atoms with E-state index in [2.05, 4.69) is 19.2 Å². The van der Waals surface area contributed by atoms with E-state index < -0.39 is 12.1 Å². The molecule has 0 radical (unpaired) electrons. The maximum atomic E-state index is 12.3. The summed E-state index contributed by atoms with van der Waals surface area (Å²) in [4.78, 5) is 24.4. The minimum Gasteiger partial charge on any atom is -0.466 e. The van der Waals surface area contributed by atoms with Crippen molar-refractivity contribution in [2.24, 2.45) is 0 Å². The Bertz CT molecular complexity index is 787. The van der Waals surface area contributed by atoms with Crippen LogP contribution >= 0.6 is 0 Å². The van der Waals surface area contributed by atoms with Crippen molar-refractivity contribution in [1.82, 2.24) is 5.32 Å². The van der Waals surface area contributed by atoms with Crippen molar-refractivity contribution in [3.8, 4) is 0 Å². The molecule has 0 spiro atoms. The number of esters is 1. The third-order valence-electron chi connectivity index (χ3n) is 10.8. The molecule has 53 heavy (non-hydrogen) atoms. The van der Waals surface area contributed by atoms with Crippen LogP contribution in [-0.2, 0) is 14.3 Å². The Morgan fingerprint density at radius 3 is 1.28 bits per heavy atom. The molecule has 0 saturated heterocycles. The van der Waals surface area contributed by atoms with Crippen LogP contribution in [0, 0.1) is 0 Å². The summed E-state index contributed by atoms with van der Waals surface area (Å²) in [5.74, 6) is -0.110. The van der Waals surface area contributed by atoms with Crippen molar-refractivity contribution in [3.63, 3.8) is 0 Å². The second-order valence-corrected chi connectivity index (χ2v) is 16.1. The SMILES string of the molecule is CCCCCCCCCC/C=C/C(O)C(CO)NC(=O)CCCCCCCCCCCCOC(=O)CCCCCCCCCCCCCCCCCC. The summed E-state index contributed by atoms with van der Waals surface area (Å²) in [7, 11) is 0. The largest absolute Gasteiger partial charge is 0.466 e. The van der Waals surface area contributed by atoms with E-state index in [9.17, 15) is 19.8 Å². The zero-order valence-corrected chi connectivity index (χ0v) is 35.5. The fraction of sp³-hybridized carbons (Fsp3) is 0.915. The Kier molecular flexibility index (Phi) is 42.2. The van der Waals surface area contributed by atoms with Crippen LogP contribution in [0.1, 0.15) is 251 Å². The van der Waals surface area contributed by atoms with Gasteiger partial charge >= 0.3 is 5.97 Å². The number of carbonyl (C=O) groups is 2. The highest BCUT2D eigenvalue weighted by molar-refractivity contribution is 5.76. The molecule has 0 bridgehead atoms. The smallest absolute Gasteiger partial charge is 0.305 e.